The van der Waals surface area contributed by atoms with Gasteiger partial charge in [-0.1, -0.05) is 11.6 Å². The molecule has 0 spiro atoms. The Bertz CT molecular complexity index is 633. The van der Waals surface area contributed by atoms with Gasteiger partial charge < -0.3 is 4.90 Å². The number of hydrogen-bond donors (Lipinski definition) is 2. The molecule has 0 radical (unpaired) electrons. The number of hydrazine groups is 1. The smallest absolute Gasteiger partial charge is 0.242 e. The molecule has 0 amide bonds. The first-order valence-electron chi connectivity index (χ1n) is 6.52. The van der Waals surface area contributed by atoms with Crippen LogP contribution in [-0.4, -0.2) is 33.0 Å². The molecule has 0 bridgehead atoms. The van der Waals surface area contributed by atoms with E-state index in [9.17, 15) is 0 Å². The van der Waals surface area contributed by atoms with Crippen LogP contribution in [0.2, 0.25) is 5.02 Å². The molecular formula is C12H14ClN7S. The molecule has 1 aliphatic heterocycles. The number of hydrogen-bond acceptors (Lipinski definition) is 8. The third kappa shape index (κ3) is 3.34. The molecule has 9 heteroatoms. The number of anilines is 2. The quantitative estimate of drug-likeness (QED) is 0.651. The van der Waals surface area contributed by atoms with E-state index in [4.69, 9.17) is 17.4 Å². The minimum absolute atomic E-state index is 0.335. The number of pyridine rings is 1. The van der Waals surface area contributed by atoms with Gasteiger partial charge in [-0.05, 0) is 36.7 Å². The topological polar surface area (TPSA) is 92.8 Å². The summed E-state index contributed by atoms with van der Waals surface area (Å²) in [6.45, 7) is 1.89. The summed E-state index contributed by atoms with van der Waals surface area (Å²) in [5.74, 6) is 6.40. The van der Waals surface area contributed by atoms with Gasteiger partial charge in [-0.3, -0.25) is 5.43 Å². The van der Waals surface area contributed by atoms with Crippen molar-refractivity contribution in [3.05, 3.63) is 23.4 Å². The lowest BCUT2D eigenvalue weighted by atomic mass is 10.4. The number of nitrogen functional groups attached to an aromatic ring is 1. The van der Waals surface area contributed by atoms with Gasteiger partial charge in [0.25, 0.3) is 0 Å². The minimum Gasteiger partial charge on any atom is -0.341 e. The van der Waals surface area contributed by atoms with Crippen molar-refractivity contribution in [1.82, 2.24) is 19.9 Å². The van der Waals surface area contributed by atoms with Gasteiger partial charge in [-0.25, -0.2) is 10.8 Å². The van der Waals surface area contributed by atoms with E-state index < -0.39 is 0 Å². The summed E-state index contributed by atoms with van der Waals surface area (Å²) in [5, 5.41) is 1.73. The van der Waals surface area contributed by atoms with Gasteiger partial charge >= 0.3 is 0 Å². The van der Waals surface area contributed by atoms with Gasteiger partial charge in [0, 0.05) is 19.3 Å². The van der Waals surface area contributed by atoms with E-state index in [0.717, 1.165) is 25.9 Å². The molecule has 21 heavy (non-hydrogen) atoms. The molecule has 1 saturated heterocycles. The maximum Gasteiger partial charge on any atom is 0.242 e. The van der Waals surface area contributed by atoms with Crippen molar-refractivity contribution in [1.29, 1.82) is 0 Å². The van der Waals surface area contributed by atoms with Crippen LogP contribution in [0.4, 0.5) is 11.9 Å². The van der Waals surface area contributed by atoms with Crippen molar-refractivity contribution < 1.29 is 0 Å². The zero-order valence-corrected chi connectivity index (χ0v) is 12.7. The second-order valence-corrected chi connectivity index (χ2v) is 5.84. The van der Waals surface area contributed by atoms with Crippen LogP contribution >= 0.6 is 23.4 Å². The summed E-state index contributed by atoms with van der Waals surface area (Å²) in [7, 11) is 0. The van der Waals surface area contributed by atoms with Crippen molar-refractivity contribution >= 4 is 35.3 Å². The SMILES string of the molecule is NNc1nc(Sc2ncccc2Cl)nc(N2CCCC2)n1. The maximum absolute atomic E-state index is 6.11. The highest BCUT2D eigenvalue weighted by molar-refractivity contribution is 7.99. The predicted octanol–water partition coefficient (Wildman–Crippen LogP) is 1.96. The fourth-order valence-electron chi connectivity index (χ4n) is 2.05. The summed E-state index contributed by atoms with van der Waals surface area (Å²) < 4.78 is 0. The molecule has 3 heterocycles. The van der Waals surface area contributed by atoms with Crippen molar-refractivity contribution in [2.75, 3.05) is 23.4 Å². The molecule has 1 aliphatic rings. The highest BCUT2D eigenvalue weighted by Crippen LogP contribution is 2.30. The molecular weight excluding hydrogens is 310 g/mol. The lowest BCUT2D eigenvalue weighted by Crippen LogP contribution is -2.22. The normalized spacial score (nSPS) is 14.5. The summed E-state index contributed by atoms with van der Waals surface area (Å²) >= 11 is 7.40. The molecule has 0 unspecified atom stereocenters. The molecule has 110 valence electrons. The summed E-state index contributed by atoms with van der Waals surface area (Å²) in [5.41, 5.74) is 2.48. The predicted molar refractivity (Wildman–Crippen MR) is 82.5 cm³/mol. The van der Waals surface area contributed by atoms with E-state index in [-0.39, 0.29) is 0 Å². The Balaban J connectivity index is 1.90. The molecule has 1 fully saturated rings. The van der Waals surface area contributed by atoms with Gasteiger partial charge in [0.2, 0.25) is 17.1 Å². The second kappa shape index (κ2) is 6.42. The summed E-state index contributed by atoms with van der Waals surface area (Å²) in [6, 6.07) is 3.56. The van der Waals surface area contributed by atoms with Crippen molar-refractivity contribution in [3.63, 3.8) is 0 Å². The fraction of sp³-hybridized carbons (Fsp3) is 0.333. The van der Waals surface area contributed by atoms with Gasteiger partial charge in [-0.15, -0.1) is 0 Å². The molecule has 0 atom stereocenters. The number of nitrogens with two attached hydrogens (primary N) is 1. The van der Waals surface area contributed by atoms with Crippen LogP contribution in [-0.2, 0) is 0 Å². The van der Waals surface area contributed by atoms with Gasteiger partial charge in [0.05, 0.1) is 5.02 Å². The Morgan fingerprint density at radius 2 is 2.05 bits per heavy atom. The number of nitrogens with one attached hydrogen (secondary N) is 1. The van der Waals surface area contributed by atoms with Crippen LogP contribution in [0, 0.1) is 0 Å². The lowest BCUT2D eigenvalue weighted by molar-refractivity contribution is 0.826. The number of aromatic nitrogens is 4. The van der Waals surface area contributed by atoms with Gasteiger partial charge in [0.1, 0.15) is 5.03 Å². The Morgan fingerprint density at radius 3 is 2.76 bits per heavy atom. The lowest BCUT2D eigenvalue weighted by Gasteiger charge is -2.16. The minimum atomic E-state index is 0.335. The van der Waals surface area contributed by atoms with Crippen LogP contribution in [0.3, 0.4) is 0 Å². The average Bonchev–Trinajstić information content (AvgIpc) is 3.04. The van der Waals surface area contributed by atoms with Crippen LogP contribution < -0.4 is 16.2 Å². The van der Waals surface area contributed by atoms with E-state index in [2.05, 4.69) is 30.3 Å². The Morgan fingerprint density at radius 1 is 1.24 bits per heavy atom. The van der Waals surface area contributed by atoms with Gasteiger partial charge in [0.15, 0.2) is 0 Å². The Hall–Kier alpha value is -1.64. The Labute approximate surface area is 131 Å². The standard InChI is InChI=1S/C12H14ClN7S/c13-8-4-3-5-15-9(8)21-12-17-10(19-14)16-11(18-12)20-6-1-2-7-20/h3-5H,1-2,6-7,14H2,(H,16,17,18,19). The fourth-order valence-corrected chi connectivity index (χ4v) is 3.00. The number of halogens is 1. The van der Waals surface area contributed by atoms with E-state index >= 15 is 0 Å². The van der Waals surface area contributed by atoms with Crippen LogP contribution in [0.5, 0.6) is 0 Å². The molecule has 2 aromatic heterocycles. The monoisotopic (exact) mass is 323 g/mol. The Kier molecular flexibility index (Phi) is 4.37. The number of nitrogens with zero attached hydrogens (tertiary/aromatic N) is 5. The first-order chi connectivity index (χ1) is 10.3. The van der Waals surface area contributed by atoms with Crippen LogP contribution in [0.15, 0.2) is 28.5 Å². The largest absolute Gasteiger partial charge is 0.341 e. The van der Waals surface area contributed by atoms with Crippen molar-refractivity contribution in [3.8, 4) is 0 Å². The zero-order chi connectivity index (χ0) is 14.7. The highest BCUT2D eigenvalue weighted by atomic mass is 35.5. The average molecular weight is 324 g/mol. The first-order valence-corrected chi connectivity index (χ1v) is 7.72. The van der Waals surface area contributed by atoms with E-state index in [0.29, 0.717) is 27.1 Å². The molecule has 0 aliphatic carbocycles. The maximum atomic E-state index is 6.11. The van der Waals surface area contributed by atoms with Crippen molar-refractivity contribution in [2.45, 2.75) is 23.0 Å². The van der Waals surface area contributed by atoms with E-state index in [1.165, 1.54) is 11.8 Å². The van der Waals surface area contributed by atoms with E-state index in [1.807, 2.05) is 0 Å². The third-order valence-corrected chi connectivity index (χ3v) is 4.33. The molecule has 3 N–H and O–H groups in total. The summed E-state index contributed by atoms with van der Waals surface area (Å²) in [4.78, 5) is 19.3. The molecule has 3 rings (SSSR count). The third-order valence-electron chi connectivity index (χ3n) is 3.03. The highest BCUT2D eigenvalue weighted by Gasteiger charge is 2.18. The van der Waals surface area contributed by atoms with Crippen LogP contribution in [0.25, 0.3) is 0 Å². The second-order valence-electron chi connectivity index (χ2n) is 4.47. The van der Waals surface area contributed by atoms with E-state index in [1.54, 1.807) is 18.3 Å². The van der Waals surface area contributed by atoms with Crippen molar-refractivity contribution in [2.24, 2.45) is 5.84 Å². The van der Waals surface area contributed by atoms with Gasteiger partial charge in [-0.2, -0.15) is 15.0 Å². The first kappa shape index (κ1) is 14.3. The summed E-state index contributed by atoms with van der Waals surface area (Å²) in [6.07, 6.45) is 3.97. The molecule has 7 nitrogen and oxygen atoms in total. The molecule has 0 aromatic carbocycles. The zero-order valence-electron chi connectivity index (χ0n) is 11.2. The molecule has 2 aromatic rings. The number of rotatable bonds is 4. The van der Waals surface area contributed by atoms with Crippen LogP contribution in [0.1, 0.15) is 12.8 Å². The molecule has 0 saturated carbocycles.